The molecule has 0 aliphatic carbocycles. The van der Waals surface area contributed by atoms with Gasteiger partial charge in [-0.3, -0.25) is 0 Å². The lowest BCUT2D eigenvalue weighted by Crippen LogP contribution is -2.30. The van der Waals surface area contributed by atoms with Crippen LogP contribution in [-0.2, 0) is 4.74 Å². The molecule has 0 aromatic heterocycles. The summed E-state index contributed by atoms with van der Waals surface area (Å²) in [6.45, 7) is 17.9. The molecule has 0 saturated carbocycles. The molecule has 0 aliphatic rings. The van der Waals surface area contributed by atoms with Crippen molar-refractivity contribution in [2.45, 2.75) is 67.2 Å². The Morgan fingerprint density at radius 3 is 1.89 bits per heavy atom. The quantitative estimate of drug-likeness (QED) is 0.569. The summed E-state index contributed by atoms with van der Waals surface area (Å²) in [5, 5.41) is 0. The first-order valence-corrected chi connectivity index (χ1v) is 7.86. The van der Waals surface area contributed by atoms with Crippen LogP contribution in [0.1, 0.15) is 67.2 Å². The van der Waals surface area contributed by atoms with E-state index in [4.69, 9.17) is 4.74 Å². The van der Waals surface area contributed by atoms with Crippen molar-refractivity contribution in [3.8, 4) is 0 Å². The monoisotopic (exact) mass is 271 g/mol. The standard InChI is InChI=1S/C17H37NO/c1-16(2,3)11-8-9-13-19-14-10-12-18(7)15-17(4,5)6/h8-15H2,1-7H3. The number of nitrogens with zero attached hydrogens (tertiary/aromatic N) is 1. The van der Waals surface area contributed by atoms with Crippen LogP contribution in [0.2, 0.25) is 0 Å². The van der Waals surface area contributed by atoms with Gasteiger partial charge in [0.25, 0.3) is 0 Å². The zero-order valence-corrected chi connectivity index (χ0v) is 14.5. The van der Waals surface area contributed by atoms with Gasteiger partial charge in [-0.25, -0.2) is 0 Å². The molecule has 0 atom stereocenters. The minimum Gasteiger partial charge on any atom is -0.381 e. The summed E-state index contributed by atoms with van der Waals surface area (Å²) < 4.78 is 5.70. The van der Waals surface area contributed by atoms with Gasteiger partial charge in [0.15, 0.2) is 0 Å². The Balaban J connectivity index is 3.32. The van der Waals surface area contributed by atoms with Crippen molar-refractivity contribution < 1.29 is 4.74 Å². The predicted molar refractivity (Wildman–Crippen MR) is 85.7 cm³/mol. The molecule has 0 amide bonds. The lowest BCUT2D eigenvalue weighted by Gasteiger charge is -2.26. The van der Waals surface area contributed by atoms with Crippen LogP contribution >= 0.6 is 0 Å². The van der Waals surface area contributed by atoms with Crippen molar-refractivity contribution in [1.29, 1.82) is 0 Å². The molecule has 0 fully saturated rings. The second kappa shape index (κ2) is 8.97. The summed E-state index contributed by atoms with van der Waals surface area (Å²) in [5.74, 6) is 0. The highest BCUT2D eigenvalue weighted by atomic mass is 16.5. The van der Waals surface area contributed by atoms with Crippen LogP contribution in [0, 0.1) is 10.8 Å². The molecule has 0 radical (unpaired) electrons. The minimum atomic E-state index is 0.391. The van der Waals surface area contributed by atoms with Crippen molar-refractivity contribution in [2.24, 2.45) is 10.8 Å². The van der Waals surface area contributed by atoms with Gasteiger partial charge in [-0.1, -0.05) is 48.0 Å². The maximum absolute atomic E-state index is 5.70. The number of unbranched alkanes of at least 4 members (excludes halogenated alkanes) is 1. The summed E-state index contributed by atoms with van der Waals surface area (Å²) in [6.07, 6.45) is 4.93. The molecule has 0 aromatic rings. The molecule has 0 rings (SSSR count). The smallest absolute Gasteiger partial charge is 0.0478 e. The van der Waals surface area contributed by atoms with Crippen LogP contribution in [-0.4, -0.2) is 38.3 Å². The van der Waals surface area contributed by atoms with Gasteiger partial charge in [0.2, 0.25) is 0 Å². The van der Waals surface area contributed by atoms with Gasteiger partial charge in [-0.05, 0) is 37.1 Å². The van der Waals surface area contributed by atoms with E-state index in [0.29, 0.717) is 10.8 Å². The van der Waals surface area contributed by atoms with Crippen molar-refractivity contribution >= 4 is 0 Å². The van der Waals surface area contributed by atoms with Gasteiger partial charge in [-0.15, -0.1) is 0 Å². The maximum atomic E-state index is 5.70. The van der Waals surface area contributed by atoms with Crippen LogP contribution in [0.3, 0.4) is 0 Å². The SMILES string of the molecule is CN(CCCOCCCCC(C)(C)C)CC(C)(C)C. The van der Waals surface area contributed by atoms with Gasteiger partial charge in [0.05, 0.1) is 0 Å². The average molecular weight is 271 g/mol. The average Bonchev–Trinajstić information content (AvgIpc) is 2.17. The number of hydrogen-bond acceptors (Lipinski definition) is 2. The van der Waals surface area contributed by atoms with Gasteiger partial charge >= 0.3 is 0 Å². The predicted octanol–water partition coefficient (Wildman–Crippen LogP) is 4.59. The lowest BCUT2D eigenvalue weighted by molar-refractivity contribution is 0.113. The Hall–Kier alpha value is -0.0800. The molecule has 19 heavy (non-hydrogen) atoms. The molecule has 0 spiro atoms. The number of ether oxygens (including phenoxy) is 1. The molecule has 2 nitrogen and oxygen atoms in total. The van der Waals surface area contributed by atoms with Crippen molar-refractivity contribution in [1.82, 2.24) is 4.90 Å². The summed E-state index contributed by atoms with van der Waals surface area (Å²) >= 11 is 0. The molecular weight excluding hydrogens is 234 g/mol. The number of hydrogen-bond donors (Lipinski definition) is 0. The first-order chi connectivity index (χ1) is 8.60. The van der Waals surface area contributed by atoms with E-state index in [1.54, 1.807) is 0 Å². The zero-order chi connectivity index (χ0) is 14.9. The van der Waals surface area contributed by atoms with Gasteiger partial charge in [0, 0.05) is 26.3 Å². The maximum Gasteiger partial charge on any atom is 0.0478 e. The molecule has 116 valence electrons. The molecular formula is C17H37NO. The van der Waals surface area contributed by atoms with E-state index < -0.39 is 0 Å². The van der Waals surface area contributed by atoms with E-state index in [0.717, 1.165) is 32.7 Å². The third-order valence-electron chi connectivity index (χ3n) is 3.04. The summed E-state index contributed by atoms with van der Waals surface area (Å²) in [7, 11) is 2.20. The molecule has 0 heterocycles. The first kappa shape index (κ1) is 18.9. The van der Waals surface area contributed by atoms with Gasteiger partial charge in [0.1, 0.15) is 0 Å². The normalized spacial score (nSPS) is 13.3. The molecule has 0 aliphatic heterocycles. The van der Waals surface area contributed by atoms with Crippen molar-refractivity contribution in [3.63, 3.8) is 0 Å². The molecule has 0 saturated heterocycles. The second-order valence-electron chi connectivity index (χ2n) is 8.28. The molecule has 0 bridgehead atoms. The second-order valence-corrected chi connectivity index (χ2v) is 8.28. The highest BCUT2D eigenvalue weighted by Gasteiger charge is 2.12. The first-order valence-electron chi connectivity index (χ1n) is 7.86. The summed E-state index contributed by atoms with van der Waals surface area (Å²) in [6, 6.07) is 0. The topological polar surface area (TPSA) is 12.5 Å². The van der Waals surface area contributed by atoms with E-state index in [-0.39, 0.29) is 0 Å². The largest absolute Gasteiger partial charge is 0.381 e. The van der Waals surface area contributed by atoms with Crippen molar-refractivity contribution in [2.75, 3.05) is 33.4 Å². The Labute approximate surface area is 121 Å². The van der Waals surface area contributed by atoms with E-state index >= 15 is 0 Å². The Morgan fingerprint density at radius 2 is 1.37 bits per heavy atom. The van der Waals surface area contributed by atoms with E-state index in [2.05, 4.69) is 53.5 Å². The summed E-state index contributed by atoms with van der Waals surface area (Å²) in [5.41, 5.74) is 0.859. The Bertz CT molecular complexity index is 212. The van der Waals surface area contributed by atoms with Crippen molar-refractivity contribution in [3.05, 3.63) is 0 Å². The number of rotatable bonds is 9. The van der Waals surface area contributed by atoms with E-state index in [1.807, 2.05) is 0 Å². The minimum absolute atomic E-state index is 0.391. The Morgan fingerprint density at radius 1 is 0.789 bits per heavy atom. The van der Waals surface area contributed by atoms with E-state index in [9.17, 15) is 0 Å². The highest BCUT2D eigenvalue weighted by Crippen LogP contribution is 2.21. The van der Waals surface area contributed by atoms with Crippen LogP contribution in [0.15, 0.2) is 0 Å². The fourth-order valence-electron chi connectivity index (χ4n) is 2.29. The molecule has 2 heteroatoms. The van der Waals surface area contributed by atoms with Crippen LogP contribution < -0.4 is 0 Å². The fourth-order valence-corrected chi connectivity index (χ4v) is 2.29. The molecule has 0 N–H and O–H groups in total. The van der Waals surface area contributed by atoms with E-state index in [1.165, 1.54) is 19.3 Å². The highest BCUT2D eigenvalue weighted by molar-refractivity contribution is 4.66. The fraction of sp³-hybridized carbons (Fsp3) is 1.00. The van der Waals surface area contributed by atoms with Gasteiger partial charge < -0.3 is 9.64 Å². The zero-order valence-electron chi connectivity index (χ0n) is 14.5. The van der Waals surface area contributed by atoms with Gasteiger partial charge in [-0.2, -0.15) is 0 Å². The third kappa shape index (κ3) is 15.9. The molecule has 0 aromatic carbocycles. The van der Waals surface area contributed by atoms with Crippen LogP contribution in [0.25, 0.3) is 0 Å². The van der Waals surface area contributed by atoms with Crippen LogP contribution in [0.4, 0.5) is 0 Å². The lowest BCUT2D eigenvalue weighted by atomic mass is 9.90. The van der Waals surface area contributed by atoms with Crippen LogP contribution in [0.5, 0.6) is 0 Å². The summed E-state index contributed by atoms with van der Waals surface area (Å²) in [4.78, 5) is 2.41. The molecule has 0 unspecified atom stereocenters. The Kier molecular flexibility index (Phi) is 8.93. The third-order valence-corrected chi connectivity index (χ3v) is 3.04.